The molecule has 0 atom stereocenters. The summed E-state index contributed by atoms with van der Waals surface area (Å²) in [6.45, 7) is 3.65. The van der Waals surface area contributed by atoms with E-state index in [2.05, 4.69) is 0 Å². The molecule has 0 aliphatic heterocycles. The Labute approximate surface area is 167 Å². The lowest BCUT2D eigenvalue weighted by Crippen LogP contribution is -2.05. The number of hydrogen-bond donors (Lipinski definition) is 1. The minimum absolute atomic E-state index is 0.0577. The highest BCUT2D eigenvalue weighted by molar-refractivity contribution is 6.00. The summed E-state index contributed by atoms with van der Waals surface area (Å²) in [5.41, 5.74) is 9.22. The number of nitro groups is 1. The van der Waals surface area contributed by atoms with Crippen molar-refractivity contribution in [2.45, 2.75) is 13.8 Å². The number of benzene rings is 2. The first-order chi connectivity index (χ1) is 13.8. The number of hydrogen-bond acceptors (Lipinski definition) is 6. The topological polar surface area (TPSA) is 110 Å². The predicted octanol–water partition coefficient (Wildman–Crippen LogP) is 4.05. The van der Waals surface area contributed by atoms with Gasteiger partial charge in [0.05, 0.1) is 24.7 Å². The van der Waals surface area contributed by atoms with Crippen molar-refractivity contribution in [3.8, 4) is 22.6 Å². The normalized spacial score (nSPS) is 10.6. The molecular weight excluding hydrogens is 374 g/mol. The Morgan fingerprint density at radius 3 is 2.28 bits per heavy atom. The van der Waals surface area contributed by atoms with Crippen molar-refractivity contribution in [3.05, 3.63) is 69.5 Å². The van der Waals surface area contributed by atoms with Crippen LogP contribution in [0.25, 0.3) is 16.8 Å². The van der Waals surface area contributed by atoms with Crippen molar-refractivity contribution in [3.63, 3.8) is 0 Å². The number of aromatic nitrogens is 1. The molecule has 0 aliphatic carbocycles. The number of anilines is 1. The van der Waals surface area contributed by atoms with E-state index < -0.39 is 10.9 Å². The first kappa shape index (κ1) is 19.9. The van der Waals surface area contributed by atoms with Crippen molar-refractivity contribution < 1.29 is 19.2 Å². The number of esters is 1. The fourth-order valence-electron chi connectivity index (χ4n) is 3.52. The summed E-state index contributed by atoms with van der Waals surface area (Å²) in [4.78, 5) is 23.4. The largest absolute Gasteiger partial charge is 0.497 e. The van der Waals surface area contributed by atoms with Gasteiger partial charge < -0.3 is 19.8 Å². The third kappa shape index (κ3) is 3.40. The number of ether oxygens (including phenoxy) is 2. The molecule has 150 valence electrons. The lowest BCUT2D eigenvalue weighted by Gasteiger charge is -2.11. The van der Waals surface area contributed by atoms with E-state index in [4.69, 9.17) is 15.2 Å². The number of rotatable bonds is 5. The van der Waals surface area contributed by atoms with E-state index in [0.29, 0.717) is 28.1 Å². The molecule has 1 heterocycles. The first-order valence-electron chi connectivity index (χ1n) is 8.79. The van der Waals surface area contributed by atoms with Gasteiger partial charge in [0.15, 0.2) is 0 Å². The van der Waals surface area contributed by atoms with Gasteiger partial charge in [0.1, 0.15) is 11.4 Å². The summed E-state index contributed by atoms with van der Waals surface area (Å²) in [5, 5.41) is 11.3. The molecule has 0 aliphatic rings. The number of carbonyl (C=O) groups is 1. The second kappa shape index (κ2) is 7.67. The minimum atomic E-state index is -0.542. The zero-order valence-electron chi connectivity index (χ0n) is 16.6. The maximum Gasteiger partial charge on any atom is 0.340 e. The first-order valence-corrected chi connectivity index (χ1v) is 8.79. The standard InChI is InChI=1S/C21H21N3O5/c1-12-19(14-5-10-17(22)18(11-14)24(26)27)20(21(25)29-4)13(2)23(12)15-6-8-16(28-3)9-7-15/h5-11H,22H2,1-4H3. The SMILES string of the molecule is COC(=O)c1c(-c2ccc(N)c([N+](=O)[O-])c2)c(C)n(-c2ccc(OC)cc2)c1C. The number of nitrogen functional groups attached to an aromatic ring is 1. The highest BCUT2D eigenvalue weighted by atomic mass is 16.6. The molecule has 0 radical (unpaired) electrons. The fourth-order valence-corrected chi connectivity index (χ4v) is 3.52. The van der Waals surface area contributed by atoms with Gasteiger partial charge >= 0.3 is 5.97 Å². The van der Waals surface area contributed by atoms with Crippen LogP contribution in [0.15, 0.2) is 42.5 Å². The molecule has 0 fully saturated rings. The number of methoxy groups -OCH3 is 2. The van der Waals surface area contributed by atoms with Crippen molar-refractivity contribution in [1.29, 1.82) is 0 Å². The Balaban J connectivity index is 2.30. The van der Waals surface area contributed by atoms with Crippen LogP contribution >= 0.6 is 0 Å². The van der Waals surface area contributed by atoms with Crippen LogP contribution in [-0.2, 0) is 4.74 Å². The lowest BCUT2D eigenvalue weighted by atomic mass is 9.99. The Bertz CT molecular complexity index is 1100. The van der Waals surface area contributed by atoms with E-state index in [9.17, 15) is 14.9 Å². The maximum absolute atomic E-state index is 12.6. The zero-order chi connectivity index (χ0) is 21.3. The molecule has 0 amide bonds. The van der Waals surface area contributed by atoms with Gasteiger partial charge in [0.25, 0.3) is 5.69 Å². The van der Waals surface area contributed by atoms with Gasteiger partial charge in [-0.25, -0.2) is 4.79 Å². The summed E-state index contributed by atoms with van der Waals surface area (Å²) >= 11 is 0. The molecule has 1 aromatic heterocycles. The minimum Gasteiger partial charge on any atom is -0.497 e. The molecule has 29 heavy (non-hydrogen) atoms. The van der Waals surface area contributed by atoms with Crippen LogP contribution in [0.2, 0.25) is 0 Å². The van der Waals surface area contributed by atoms with Gasteiger partial charge in [0.2, 0.25) is 0 Å². The van der Waals surface area contributed by atoms with Crippen LogP contribution in [0.4, 0.5) is 11.4 Å². The van der Waals surface area contributed by atoms with E-state index in [1.165, 1.54) is 19.2 Å². The maximum atomic E-state index is 12.6. The van der Waals surface area contributed by atoms with Gasteiger partial charge in [-0.3, -0.25) is 10.1 Å². The molecule has 8 nitrogen and oxygen atoms in total. The monoisotopic (exact) mass is 395 g/mol. The highest BCUT2D eigenvalue weighted by Gasteiger charge is 2.27. The lowest BCUT2D eigenvalue weighted by molar-refractivity contribution is -0.383. The van der Waals surface area contributed by atoms with E-state index in [1.54, 1.807) is 20.1 Å². The molecule has 0 saturated heterocycles. The van der Waals surface area contributed by atoms with E-state index in [1.807, 2.05) is 35.8 Å². The third-order valence-corrected chi connectivity index (χ3v) is 4.88. The van der Waals surface area contributed by atoms with Gasteiger partial charge in [-0.2, -0.15) is 0 Å². The van der Waals surface area contributed by atoms with Crippen molar-refractivity contribution in [1.82, 2.24) is 4.57 Å². The average Bonchev–Trinajstić information content (AvgIpc) is 2.98. The van der Waals surface area contributed by atoms with E-state index in [-0.39, 0.29) is 11.4 Å². The fraction of sp³-hybridized carbons (Fsp3) is 0.190. The summed E-state index contributed by atoms with van der Waals surface area (Å²) in [5.74, 6) is 0.186. The molecule has 8 heteroatoms. The van der Waals surface area contributed by atoms with Gasteiger partial charge in [-0.15, -0.1) is 0 Å². The van der Waals surface area contributed by atoms with Gasteiger partial charge in [0, 0.05) is 28.7 Å². The summed E-state index contributed by atoms with van der Waals surface area (Å²) in [6, 6.07) is 11.9. The van der Waals surface area contributed by atoms with Crippen LogP contribution in [0.5, 0.6) is 5.75 Å². The van der Waals surface area contributed by atoms with Gasteiger partial charge in [-0.05, 0) is 49.7 Å². The van der Waals surface area contributed by atoms with Crippen molar-refractivity contribution in [2.24, 2.45) is 0 Å². The van der Waals surface area contributed by atoms with Crippen LogP contribution in [0.3, 0.4) is 0 Å². The summed E-state index contributed by atoms with van der Waals surface area (Å²) < 4.78 is 12.1. The quantitative estimate of drug-likeness (QED) is 0.302. The summed E-state index contributed by atoms with van der Waals surface area (Å²) in [7, 11) is 2.89. The third-order valence-electron chi connectivity index (χ3n) is 4.88. The molecule has 3 rings (SSSR count). The van der Waals surface area contributed by atoms with E-state index >= 15 is 0 Å². The highest BCUT2D eigenvalue weighted by Crippen LogP contribution is 2.37. The molecule has 0 spiro atoms. The van der Waals surface area contributed by atoms with Crippen LogP contribution in [0, 0.1) is 24.0 Å². The molecule has 2 aromatic carbocycles. The van der Waals surface area contributed by atoms with Crippen LogP contribution in [0.1, 0.15) is 21.7 Å². The summed E-state index contributed by atoms with van der Waals surface area (Å²) in [6.07, 6.45) is 0. The molecule has 3 aromatic rings. The van der Waals surface area contributed by atoms with Crippen LogP contribution < -0.4 is 10.5 Å². The predicted molar refractivity (Wildman–Crippen MR) is 110 cm³/mol. The average molecular weight is 395 g/mol. The van der Waals surface area contributed by atoms with Gasteiger partial charge in [-0.1, -0.05) is 6.07 Å². The smallest absolute Gasteiger partial charge is 0.340 e. The Kier molecular flexibility index (Phi) is 5.27. The Hall–Kier alpha value is -3.81. The number of nitro benzene ring substituents is 1. The number of carbonyl (C=O) groups excluding carboxylic acids is 1. The number of nitrogens with two attached hydrogens (primary N) is 1. The molecular formula is C21H21N3O5. The van der Waals surface area contributed by atoms with E-state index in [0.717, 1.165) is 11.4 Å². The van der Waals surface area contributed by atoms with Crippen LogP contribution in [-0.4, -0.2) is 29.7 Å². The second-order valence-corrected chi connectivity index (χ2v) is 6.48. The Morgan fingerprint density at radius 1 is 1.07 bits per heavy atom. The molecule has 0 unspecified atom stereocenters. The molecule has 0 bridgehead atoms. The zero-order valence-corrected chi connectivity index (χ0v) is 16.6. The number of nitrogens with zero attached hydrogens (tertiary/aromatic N) is 2. The van der Waals surface area contributed by atoms with Crippen molar-refractivity contribution in [2.75, 3.05) is 20.0 Å². The second-order valence-electron chi connectivity index (χ2n) is 6.48. The molecule has 2 N–H and O–H groups in total. The Morgan fingerprint density at radius 2 is 1.72 bits per heavy atom. The molecule has 0 saturated carbocycles. The van der Waals surface area contributed by atoms with Crippen molar-refractivity contribution >= 4 is 17.3 Å².